The van der Waals surface area contributed by atoms with Gasteiger partial charge in [0.1, 0.15) is 6.54 Å². The number of hydrogen-bond donors (Lipinski definition) is 1. The fourth-order valence-corrected chi connectivity index (χ4v) is 3.31. The van der Waals surface area contributed by atoms with Crippen LogP contribution in [0.25, 0.3) is 0 Å². The molecule has 0 unspecified atom stereocenters. The Morgan fingerprint density at radius 2 is 2.09 bits per heavy atom. The van der Waals surface area contributed by atoms with Gasteiger partial charge >= 0.3 is 11.7 Å². The predicted molar refractivity (Wildman–Crippen MR) is 76.3 cm³/mol. The minimum absolute atomic E-state index is 0.00550. The molecule has 0 bridgehead atoms. The fourth-order valence-electron chi connectivity index (χ4n) is 1.81. The van der Waals surface area contributed by atoms with E-state index in [1.807, 2.05) is 0 Å². The van der Waals surface area contributed by atoms with Gasteiger partial charge in [0.05, 0.1) is 16.9 Å². The van der Waals surface area contributed by atoms with E-state index in [1.54, 1.807) is 6.92 Å². The van der Waals surface area contributed by atoms with E-state index in [4.69, 9.17) is 9.84 Å². The number of methoxy groups -OCH3 is 1. The summed E-state index contributed by atoms with van der Waals surface area (Å²) in [5.74, 6) is -1.38. The maximum atomic E-state index is 12.4. The number of benzene rings is 1. The van der Waals surface area contributed by atoms with Crippen LogP contribution >= 0.6 is 0 Å². The summed E-state index contributed by atoms with van der Waals surface area (Å²) in [6.07, 6.45) is 0.407. The number of ether oxygens (including phenoxy) is 1. The quantitative estimate of drug-likeness (QED) is 0.557. The smallest absolute Gasteiger partial charge is 0.318 e. The molecule has 0 saturated carbocycles. The molecule has 1 rings (SSSR count). The van der Waals surface area contributed by atoms with Crippen LogP contribution in [-0.4, -0.2) is 48.9 Å². The molecule has 0 saturated heterocycles. The number of carboxylic acids is 1. The van der Waals surface area contributed by atoms with E-state index in [9.17, 15) is 23.3 Å². The Morgan fingerprint density at radius 1 is 1.45 bits per heavy atom. The van der Waals surface area contributed by atoms with Crippen molar-refractivity contribution in [1.29, 1.82) is 0 Å². The van der Waals surface area contributed by atoms with Crippen LogP contribution in [0.5, 0.6) is 5.75 Å². The number of nitrogens with zero attached hydrogens (tertiary/aromatic N) is 2. The molecule has 0 atom stereocenters. The van der Waals surface area contributed by atoms with Gasteiger partial charge in [-0.15, -0.1) is 0 Å². The number of carboxylic acid groups (broad SMARTS) is 1. The number of aliphatic carboxylic acids is 1. The summed E-state index contributed by atoms with van der Waals surface area (Å²) in [5.41, 5.74) is -0.504. The summed E-state index contributed by atoms with van der Waals surface area (Å²) in [5, 5.41) is 19.8. The van der Waals surface area contributed by atoms with Crippen LogP contribution < -0.4 is 4.74 Å². The first-order chi connectivity index (χ1) is 10.2. The zero-order valence-electron chi connectivity index (χ0n) is 12.1. The first-order valence-corrected chi connectivity index (χ1v) is 7.72. The molecule has 0 heterocycles. The van der Waals surface area contributed by atoms with Crippen molar-refractivity contribution in [2.75, 3.05) is 20.2 Å². The van der Waals surface area contributed by atoms with Crippen molar-refractivity contribution in [1.82, 2.24) is 4.31 Å². The second-order valence-electron chi connectivity index (χ2n) is 4.32. The van der Waals surface area contributed by atoms with Gasteiger partial charge in [-0.25, -0.2) is 8.42 Å². The van der Waals surface area contributed by atoms with Crippen molar-refractivity contribution in [2.45, 2.75) is 18.2 Å². The van der Waals surface area contributed by atoms with E-state index in [0.717, 1.165) is 22.5 Å². The number of rotatable bonds is 8. The highest BCUT2D eigenvalue weighted by Gasteiger charge is 2.28. The Kier molecular flexibility index (Phi) is 5.83. The van der Waals surface area contributed by atoms with Crippen molar-refractivity contribution in [3.8, 4) is 5.75 Å². The summed E-state index contributed by atoms with van der Waals surface area (Å²) in [6, 6.07) is 3.17. The third-order valence-corrected chi connectivity index (χ3v) is 4.61. The molecule has 22 heavy (non-hydrogen) atoms. The number of nitro groups is 1. The number of carbonyl (C=O) groups is 1. The summed E-state index contributed by atoms with van der Waals surface area (Å²) >= 11 is 0. The Balaban J connectivity index is 3.34. The highest BCUT2D eigenvalue weighted by molar-refractivity contribution is 7.89. The zero-order valence-corrected chi connectivity index (χ0v) is 12.9. The summed E-state index contributed by atoms with van der Waals surface area (Å²) in [6.45, 7) is 0.977. The van der Waals surface area contributed by atoms with Crippen molar-refractivity contribution in [3.05, 3.63) is 28.3 Å². The van der Waals surface area contributed by atoms with E-state index in [0.29, 0.717) is 6.42 Å². The lowest BCUT2D eigenvalue weighted by molar-refractivity contribution is -0.386. The first-order valence-electron chi connectivity index (χ1n) is 6.28. The molecule has 0 aromatic heterocycles. The van der Waals surface area contributed by atoms with Gasteiger partial charge in [0.25, 0.3) is 0 Å². The molecule has 0 aliphatic heterocycles. The summed E-state index contributed by atoms with van der Waals surface area (Å²) < 4.78 is 30.4. The maximum Gasteiger partial charge on any atom is 0.318 e. The number of sulfonamides is 1. The highest BCUT2D eigenvalue weighted by atomic mass is 32.2. The first kappa shape index (κ1) is 17.9. The molecule has 0 radical (unpaired) electrons. The van der Waals surface area contributed by atoms with E-state index >= 15 is 0 Å². The second-order valence-corrected chi connectivity index (χ2v) is 6.26. The van der Waals surface area contributed by atoms with E-state index in [2.05, 4.69) is 0 Å². The predicted octanol–water partition coefficient (Wildman–Crippen LogP) is 1.09. The lowest BCUT2D eigenvalue weighted by Crippen LogP contribution is -2.36. The Morgan fingerprint density at radius 3 is 2.55 bits per heavy atom. The highest BCUT2D eigenvalue weighted by Crippen LogP contribution is 2.30. The SMILES string of the molecule is CCCN(CC(=O)O)S(=O)(=O)c1ccc(OC)c([N+](=O)[O-])c1. The van der Waals surface area contributed by atoms with Crippen molar-refractivity contribution in [3.63, 3.8) is 0 Å². The van der Waals surface area contributed by atoms with Crippen molar-refractivity contribution in [2.24, 2.45) is 0 Å². The molecular formula is C12H16N2O7S. The Bertz CT molecular complexity index is 672. The van der Waals surface area contributed by atoms with Gasteiger partial charge in [0, 0.05) is 12.6 Å². The van der Waals surface area contributed by atoms with Crippen LogP contribution in [0.4, 0.5) is 5.69 Å². The molecule has 1 N–H and O–H groups in total. The van der Waals surface area contributed by atoms with Gasteiger partial charge in [-0.05, 0) is 18.6 Å². The van der Waals surface area contributed by atoms with Gasteiger partial charge in [0.2, 0.25) is 10.0 Å². The molecule has 10 heteroatoms. The molecule has 1 aromatic carbocycles. The topological polar surface area (TPSA) is 127 Å². The van der Waals surface area contributed by atoms with Gasteiger partial charge in [0.15, 0.2) is 5.75 Å². The fraction of sp³-hybridized carbons (Fsp3) is 0.417. The molecule has 122 valence electrons. The van der Waals surface area contributed by atoms with Gasteiger partial charge in [-0.2, -0.15) is 4.31 Å². The van der Waals surface area contributed by atoms with Crippen LogP contribution in [-0.2, 0) is 14.8 Å². The standard InChI is InChI=1S/C12H16N2O7S/c1-3-6-13(8-12(15)16)22(19,20)9-4-5-11(21-2)10(7-9)14(17)18/h4-5,7H,3,6,8H2,1-2H3,(H,15,16). The molecule has 0 fully saturated rings. The average Bonchev–Trinajstić information content (AvgIpc) is 2.45. The third kappa shape index (κ3) is 3.92. The van der Waals surface area contributed by atoms with Crippen LogP contribution in [0.1, 0.15) is 13.3 Å². The molecule has 0 amide bonds. The van der Waals surface area contributed by atoms with Gasteiger partial charge in [-0.3, -0.25) is 14.9 Å². The molecule has 0 spiro atoms. The lowest BCUT2D eigenvalue weighted by Gasteiger charge is -2.19. The van der Waals surface area contributed by atoms with Crippen molar-refractivity contribution >= 4 is 21.7 Å². The minimum Gasteiger partial charge on any atom is -0.490 e. The summed E-state index contributed by atoms with van der Waals surface area (Å²) in [7, 11) is -2.92. The molecule has 0 aliphatic carbocycles. The Labute approximate surface area is 127 Å². The molecular weight excluding hydrogens is 316 g/mol. The monoisotopic (exact) mass is 332 g/mol. The second kappa shape index (κ2) is 7.18. The minimum atomic E-state index is -4.15. The number of nitro benzene ring substituents is 1. The van der Waals surface area contributed by atoms with E-state index in [-0.39, 0.29) is 17.2 Å². The Hall–Kier alpha value is -2.20. The van der Waals surface area contributed by atoms with Crippen LogP contribution in [0, 0.1) is 10.1 Å². The largest absolute Gasteiger partial charge is 0.490 e. The van der Waals surface area contributed by atoms with Gasteiger partial charge < -0.3 is 9.84 Å². The van der Waals surface area contributed by atoms with E-state index < -0.39 is 33.1 Å². The number of hydrogen-bond acceptors (Lipinski definition) is 6. The van der Waals surface area contributed by atoms with Crippen LogP contribution in [0.3, 0.4) is 0 Å². The van der Waals surface area contributed by atoms with Gasteiger partial charge in [-0.1, -0.05) is 6.92 Å². The van der Waals surface area contributed by atoms with Crippen molar-refractivity contribution < 1.29 is 28.0 Å². The maximum absolute atomic E-state index is 12.4. The molecule has 0 aliphatic rings. The summed E-state index contributed by atoms with van der Waals surface area (Å²) in [4.78, 5) is 20.6. The zero-order chi connectivity index (χ0) is 16.9. The van der Waals surface area contributed by atoms with Crippen LogP contribution in [0.2, 0.25) is 0 Å². The average molecular weight is 332 g/mol. The normalized spacial score (nSPS) is 11.4. The lowest BCUT2D eigenvalue weighted by atomic mass is 10.3. The third-order valence-electron chi connectivity index (χ3n) is 2.77. The molecule has 9 nitrogen and oxygen atoms in total. The van der Waals surface area contributed by atoms with E-state index in [1.165, 1.54) is 7.11 Å². The van der Waals surface area contributed by atoms with Crippen LogP contribution in [0.15, 0.2) is 23.1 Å². The molecule has 1 aromatic rings.